The van der Waals surface area contributed by atoms with Crippen LogP contribution in [0.3, 0.4) is 0 Å². The lowest BCUT2D eigenvalue weighted by molar-refractivity contribution is -0.153. The Morgan fingerprint density at radius 3 is 3.00 bits per heavy atom. The van der Waals surface area contributed by atoms with Gasteiger partial charge in [0.2, 0.25) is 0 Å². The van der Waals surface area contributed by atoms with Crippen molar-refractivity contribution in [1.29, 1.82) is 0 Å². The van der Waals surface area contributed by atoms with Crippen molar-refractivity contribution in [2.24, 2.45) is 5.92 Å². The largest absolute Gasteiger partial charge is 0.385 e. The van der Waals surface area contributed by atoms with Crippen LogP contribution in [-0.2, 0) is 14.3 Å². The number of ether oxygens (including phenoxy) is 2. The van der Waals surface area contributed by atoms with E-state index in [1.165, 1.54) is 5.56 Å². The molecule has 2 saturated heterocycles. The van der Waals surface area contributed by atoms with Gasteiger partial charge in [0.05, 0.1) is 26.4 Å². The van der Waals surface area contributed by atoms with Crippen LogP contribution in [0.15, 0.2) is 24.3 Å². The van der Waals surface area contributed by atoms with Gasteiger partial charge in [-0.2, -0.15) is 0 Å². The second-order valence-electron chi connectivity index (χ2n) is 8.41. The van der Waals surface area contributed by atoms with Gasteiger partial charge < -0.3 is 19.7 Å². The number of halogens is 1. The third-order valence-electron chi connectivity index (χ3n) is 6.07. The smallest absolute Gasteiger partial charge is 0.260 e. The molecule has 1 saturated carbocycles. The zero-order chi connectivity index (χ0) is 18.9. The van der Waals surface area contributed by atoms with E-state index in [0.717, 1.165) is 25.1 Å². The molecule has 1 aromatic carbocycles. The van der Waals surface area contributed by atoms with E-state index in [1.807, 2.05) is 6.07 Å². The number of nitrogens with zero attached hydrogens (tertiary/aromatic N) is 1. The number of nitrogens with one attached hydrogen (secondary N) is 1. The Bertz CT molecular complexity index is 694. The first-order valence-electron chi connectivity index (χ1n) is 9.99. The van der Waals surface area contributed by atoms with E-state index in [0.29, 0.717) is 51.7 Å². The predicted molar refractivity (Wildman–Crippen MR) is 102 cm³/mol. The molecule has 0 bridgehead atoms. The molecule has 5 nitrogen and oxygen atoms in total. The number of hydrogen-bond donors (Lipinski definition) is 1. The molecule has 1 aromatic rings. The van der Waals surface area contributed by atoms with Gasteiger partial charge in [-0.05, 0) is 50.3 Å². The number of amides is 1. The summed E-state index contributed by atoms with van der Waals surface area (Å²) >= 11 is 0. The number of alkyl halides is 1. The second-order valence-corrected chi connectivity index (χ2v) is 8.41. The maximum Gasteiger partial charge on any atom is 0.260 e. The number of rotatable bonds is 4. The molecule has 1 amide bonds. The van der Waals surface area contributed by atoms with Crippen molar-refractivity contribution in [2.75, 3.05) is 44.8 Å². The van der Waals surface area contributed by atoms with Crippen molar-refractivity contribution in [3.8, 4) is 0 Å². The summed E-state index contributed by atoms with van der Waals surface area (Å²) in [7, 11) is 0. The second kappa shape index (κ2) is 7.40. The molecule has 2 aliphatic heterocycles. The lowest BCUT2D eigenvalue weighted by Gasteiger charge is -2.39. The van der Waals surface area contributed by atoms with Crippen LogP contribution >= 0.6 is 0 Å². The zero-order valence-electron chi connectivity index (χ0n) is 16.0. The molecular weight excluding hydrogens is 347 g/mol. The fourth-order valence-corrected chi connectivity index (χ4v) is 4.36. The van der Waals surface area contributed by atoms with Crippen molar-refractivity contribution >= 4 is 11.6 Å². The first-order valence-corrected chi connectivity index (χ1v) is 9.99. The third-order valence-corrected chi connectivity index (χ3v) is 6.07. The summed E-state index contributed by atoms with van der Waals surface area (Å²) in [4.78, 5) is 14.3. The van der Waals surface area contributed by atoms with Gasteiger partial charge in [-0.15, -0.1) is 0 Å². The quantitative estimate of drug-likeness (QED) is 0.878. The zero-order valence-corrected chi connectivity index (χ0v) is 16.0. The van der Waals surface area contributed by atoms with Crippen LogP contribution < -0.4 is 5.32 Å². The van der Waals surface area contributed by atoms with Gasteiger partial charge in [-0.25, -0.2) is 4.39 Å². The molecule has 0 radical (unpaired) electrons. The minimum absolute atomic E-state index is 0.340. The Morgan fingerprint density at radius 2 is 2.26 bits per heavy atom. The molecule has 1 N–H and O–H groups in total. The Hall–Kier alpha value is -1.66. The summed E-state index contributed by atoms with van der Waals surface area (Å²) in [6, 6.07) is 8.31. The fraction of sp³-hybridized carbons (Fsp3) is 0.667. The number of aryl methyl sites for hydroxylation is 1. The molecule has 0 aromatic heterocycles. The van der Waals surface area contributed by atoms with Gasteiger partial charge in [0.15, 0.2) is 5.67 Å². The normalized spacial score (nSPS) is 30.0. The molecule has 2 unspecified atom stereocenters. The maximum absolute atomic E-state index is 14.6. The summed E-state index contributed by atoms with van der Waals surface area (Å²) in [5.74, 6) is -0.0317. The summed E-state index contributed by atoms with van der Waals surface area (Å²) < 4.78 is 26.5. The molecule has 1 aliphatic carbocycles. The van der Waals surface area contributed by atoms with Crippen molar-refractivity contribution in [2.45, 2.75) is 43.9 Å². The molecule has 2 atom stereocenters. The van der Waals surface area contributed by atoms with Crippen LogP contribution in [-0.4, -0.2) is 61.5 Å². The molecule has 6 heteroatoms. The SMILES string of the molecule is Cc1cccc(NCC2COC3(COCCN(C(=O)C4(F)CCC4)C3)C2)c1. The highest BCUT2D eigenvalue weighted by Crippen LogP contribution is 2.39. The topological polar surface area (TPSA) is 50.8 Å². The standard InChI is InChI=1S/C21H29FN2O3/c1-16-4-2-5-18(10-16)23-12-17-11-20(27-13-17)14-24(8-9-26-15-20)19(25)21(22)6-3-7-21/h2,4-5,10,17,23H,3,6-9,11-15H2,1H3. The number of benzene rings is 1. The van der Waals surface area contributed by atoms with Crippen molar-refractivity contribution in [3.05, 3.63) is 29.8 Å². The lowest BCUT2D eigenvalue weighted by Crippen LogP contribution is -2.54. The molecule has 4 rings (SSSR count). The average molecular weight is 376 g/mol. The van der Waals surface area contributed by atoms with E-state index in [2.05, 4.69) is 30.4 Å². The lowest BCUT2D eigenvalue weighted by atomic mass is 9.80. The number of carbonyl (C=O) groups excluding carboxylic acids is 1. The highest BCUT2D eigenvalue weighted by atomic mass is 19.1. The Balaban J connectivity index is 1.37. The van der Waals surface area contributed by atoms with E-state index in [-0.39, 0.29) is 5.91 Å². The fourth-order valence-electron chi connectivity index (χ4n) is 4.36. The monoisotopic (exact) mass is 376 g/mol. The van der Waals surface area contributed by atoms with Crippen LogP contribution in [0.5, 0.6) is 0 Å². The molecule has 2 heterocycles. The minimum atomic E-state index is -1.66. The summed E-state index contributed by atoms with van der Waals surface area (Å²) in [5, 5.41) is 3.48. The van der Waals surface area contributed by atoms with Gasteiger partial charge in [0, 0.05) is 24.7 Å². The van der Waals surface area contributed by atoms with Gasteiger partial charge >= 0.3 is 0 Å². The van der Waals surface area contributed by atoms with Crippen molar-refractivity contribution in [1.82, 2.24) is 4.90 Å². The van der Waals surface area contributed by atoms with Crippen LogP contribution in [0.1, 0.15) is 31.2 Å². The third kappa shape index (κ3) is 3.97. The summed E-state index contributed by atoms with van der Waals surface area (Å²) in [6.07, 6.45) is 2.30. The number of hydrogen-bond acceptors (Lipinski definition) is 4. The van der Waals surface area contributed by atoms with Crippen LogP contribution in [0.25, 0.3) is 0 Å². The van der Waals surface area contributed by atoms with Gasteiger partial charge in [0.1, 0.15) is 5.60 Å². The van der Waals surface area contributed by atoms with Gasteiger partial charge in [-0.1, -0.05) is 12.1 Å². The van der Waals surface area contributed by atoms with E-state index < -0.39 is 11.3 Å². The molecule has 3 fully saturated rings. The predicted octanol–water partition coefficient (Wildman–Crippen LogP) is 2.93. The molecule has 148 valence electrons. The highest BCUT2D eigenvalue weighted by molar-refractivity contribution is 5.86. The Morgan fingerprint density at radius 1 is 1.41 bits per heavy atom. The van der Waals surface area contributed by atoms with Gasteiger partial charge in [0.25, 0.3) is 5.91 Å². The first kappa shape index (κ1) is 18.7. The van der Waals surface area contributed by atoms with Crippen LogP contribution in [0.2, 0.25) is 0 Å². The van der Waals surface area contributed by atoms with Crippen LogP contribution in [0, 0.1) is 12.8 Å². The number of carbonyl (C=O) groups is 1. The van der Waals surface area contributed by atoms with Crippen LogP contribution in [0.4, 0.5) is 10.1 Å². The Labute approximate surface area is 160 Å². The summed E-state index contributed by atoms with van der Waals surface area (Å²) in [5.41, 5.74) is 0.164. The number of anilines is 1. The summed E-state index contributed by atoms with van der Waals surface area (Å²) in [6.45, 7) is 5.31. The van der Waals surface area contributed by atoms with E-state index in [1.54, 1.807) is 4.90 Å². The van der Waals surface area contributed by atoms with E-state index >= 15 is 0 Å². The van der Waals surface area contributed by atoms with E-state index in [4.69, 9.17) is 9.47 Å². The van der Waals surface area contributed by atoms with Gasteiger partial charge in [-0.3, -0.25) is 4.79 Å². The Kier molecular flexibility index (Phi) is 5.12. The molecule has 27 heavy (non-hydrogen) atoms. The van der Waals surface area contributed by atoms with Crippen molar-refractivity contribution in [3.63, 3.8) is 0 Å². The first-order chi connectivity index (χ1) is 13.0. The highest BCUT2D eigenvalue weighted by Gasteiger charge is 2.50. The molecule has 1 spiro atoms. The average Bonchev–Trinajstić information content (AvgIpc) is 2.90. The van der Waals surface area contributed by atoms with E-state index in [9.17, 15) is 9.18 Å². The molecular formula is C21H29FN2O3. The minimum Gasteiger partial charge on any atom is -0.385 e. The maximum atomic E-state index is 14.6. The molecule has 3 aliphatic rings. The van der Waals surface area contributed by atoms with Crippen molar-refractivity contribution < 1.29 is 18.7 Å².